The lowest BCUT2D eigenvalue weighted by Gasteiger charge is -2.20. The monoisotopic (exact) mass is 267 g/mol. The molecule has 1 saturated carbocycles. The average molecular weight is 267 g/mol. The van der Waals surface area contributed by atoms with Gasteiger partial charge in [0.05, 0.1) is 6.04 Å². The molecule has 1 aromatic rings. The predicted octanol–water partition coefficient (Wildman–Crippen LogP) is 2.04. The van der Waals surface area contributed by atoms with Gasteiger partial charge in [0.25, 0.3) is 0 Å². The second-order valence-electron chi connectivity index (χ2n) is 5.27. The Morgan fingerprint density at radius 1 is 1.47 bits per heavy atom. The topological polar surface area (TPSA) is 82.7 Å². The zero-order chi connectivity index (χ0) is 13.8. The summed E-state index contributed by atoms with van der Waals surface area (Å²) in [6.45, 7) is 3.04. The highest BCUT2D eigenvalue weighted by Crippen LogP contribution is 2.31. The molecule has 0 aromatic carbocycles. The quantitative estimate of drug-likeness (QED) is 0.734. The standard InChI is InChI=1S/C14H21NO4/c1-9(12-5-6-13(19-12)14(17)18)15-7-10-3-2-4-11(10)8-16/h5-6,9-11,15-16H,2-4,7-8H2,1H3,(H,17,18). The Hall–Kier alpha value is -1.33. The van der Waals surface area contributed by atoms with Crippen LogP contribution in [0.4, 0.5) is 0 Å². The molecule has 106 valence electrons. The van der Waals surface area contributed by atoms with Crippen molar-refractivity contribution in [1.82, 2.24) is 5.32 Å². The van der Waals surface area contributed by atoms with Crippen molar-refractivity contribution in [2.24, 2.45) is 11.8 Å². The fourth-order valence-electron chi connectivity index (χ4n) is 2.75. The van der Waals surface area contributed by atoms with Crippen LogP contribution in [0.1, 0.15) is 48.5 Å². The molecule has 0 saturated heterocycles. The third-order valence-electron chi connectivity index (χ3n) is 4.00. The number of aliphatic hydroxyl groups is 1. The largest absolute Gasteiger partial charge is 0.475 e. The summed E-state index contributed by atoms with van der Waals surface area (Å²) < 4.78 is 5.26. The molecule has 0 bridgehead atoms. The maximum Gasteiger partial charge on any atom is 0.371 e. The number of rotatable bonds is 6. The number of carbonyl (C=O) groups is 1. The molecular weight excluding hydrogens is 246 g/mol. The summed E-state index contributed by atoms with van der Waals surface area (Å²) in [5.74, 6) is 0.454. The molecule has 1 aliphatic rings. The Kier molecular flexibility index (Phi) is 4.61. The van der Waals surface area contributed by atoms with E-state index in [1.54, 1.807) is 6.07 Å². The third-order valence-corrected chi connectivity index (χ3v) is 4.00. The number of furan rings is 1. The molecule has 3 atom stereocenters. The van der Waals surface area contributed by atoms with E-state index in [0.717, 1.165) is 19.4 Å². The molecular formula is C14H21NO4. The summed E-state index contributed by atoms with van der Waals surface area (Å²) in [7, 11) is 0. The Morgan fingerprint density at radius 2 is 2.21 bits per heavy atom. The minimum Gasteiger partial charge on any atom is -0.475 e. The van der Waals surface area contributed by atoms with Crippen LogP contribution in [0.2, 0.25) is 0 Å². The Labute approximate surface area is 112 Å². The first kappa shape index (κ1) is 14.1. The van der Waals surface area contributed by atoms with Gasteiger partial charge in [0.1, 0.15) is 5.76 Å². The lowest BCUT2D eigenvalue weighted by Crippen LogP contribution is -2.28. The number of aromatic carboxylic acids is 1. The SMILES string of the molecule is CC(NCC1CCCC1CO)c1ccc(C(=O)O)o1. The smallest absolute Gasteiger partial charge is 0.371 e. The number of aliphatic hydroxyl groups excluding tert-OH is 1. The lowest BCUT2D eigenvalue weighted by atomic mass is 9.96. The van der Waals surface area contributed by atoms with Crippen LogP contribution in [0.5, 0.6) is 0 Å². The van der Waals surface area contributed by atoms with E-state index < -0.39 is 5.97 Å². The highest BCUT2D eigenvalue weighted by atomic mass is 16.4. The Bertz CT molecular complexity index is 429. The van der Waals surface area contributed by atoms with Gasteiger partial charge >= 0.3 is 5.97 Å². The van der Waals surface area contributed by atoms with E-state index in [2.05, 4.69) is 5.32 Å². The summed E-state index contributed by atoms with van der Waals surface area (Å²) in [5, 5.41) is 21.4. The number of nitrogens with one attached hydrogen (secondary N) is 1. The van der Waals surface area contributed by atoms with Gasteiger partial charge in [-0.1, -0.05) is 6.42 Å². The van der Waals surface area contributed by atoms with Crippen molar-refractivity contribution in [3.8, 4) is 0 Å². The van der Waals surface area contributed by atoms with Crippen LogP contribution < -0.4 is 5.32 Å². The van der Waals surface area contributed by atoms with Crippen molar-refractivity contribution >= 4 is 5.97 Å². The summed E-state index contributed by atoms with van der Waals surface area (Å²) >= 11 is 0. The van der Waals surface area contributed by atoms with Crippen LogP contribution in [-0.2, 0) is 0 Å². The van der Waals surface area contributed by atoms with Crippen molar-refractivity contribution in [3.05, 3.63) is 23.7 Å². The van der Waals surface area contributed by atoms with E-state index in [-0.39, 0.29) is 18.4 Å². The first-order valence-electron chi connectivity index (χ1n) is 6.79. The van der Waals surface area contributed by atoms with Gasteiger partial charge in [-0.15, -0.1) is 0 Å². The molecule has 19 heavy (non-hydrogen) atoms. The highest BCUT2D eigenvalue weighted by molar-refractivity contribution is 5.84. The predicted molar refractivity (Wildman–Crippen MR) is 70.0 cm³/mol. The first-order valence-corrected chi connectivity index (χ1v) is 6.79. The van der Waals surface area contributed by atoms with Crippen molar-refractivity contribution < 1.29 is 19.4 Å². The van der Waals surface area contributed by atoms with E-state index in [9.17, 15) is 9.90 Å². The minimum atomic E-state index is -1.05. The van der Waals surface area contributed by atoms with Crippen LogP contribution >= 0.6 is 0 Å². The fraction of sp³-hybridized carbons (Fsp3) is 0.643. The molecule has 0 spiro atoms. The normalized spacial score (nSPS) is 24.5. The summed E-state index contributed by atoms with van der Waals surface area (Å²) in [4.78, 5) is 10.7. The van der Waals surface area contributed by atoms with Gasteiger partial charge in [0.15, 0.2) is 0 Å². The number of hydrogen-bond acceptors (Lipinski definition) is 4. The molecule has 1 aromatic heterocycles. The van der Waals surface area contributed by atoms with Gasteiger partial charge in [0, 0.05) is 6.61 Å². The first-order chi connectivity index (χ1) is 9.11. The van der Waals surface area contributed by atoms with Crippen molar-refractivity contribution in [2.75, 3.05) is 13.2 Å². The molecule has 3 unspecified atom stereocenters. The fourth-order valence-corrected chi connectivity index (χ4v) is 2.75. The number of carboxylic acids is 1. The Morgan fingerprint density at radius 3 is 2.84 bits per heavy atom. The van der Waals surface area contributed by atoms with Gasteiger partial charge < -0.3 is 19.9 Å². The van der Waals surface area contributed by atoms with E-state index in [1.807, 2.05) is 6.92 Å². The van der Waals surface area contributed by atoms with Crippen molar-refractivity contribution in [1.29, 1.82) is 0 Å². The second kappa shape index (κ2) is 6.21. The third kappa shape index (κ3) is 3.36. The molecule has 2 rings (SSSR count). The number of carboxylic acid groups (broad SMARTS) is 1. The number of hydrogen-bond donors (Lipinski definition) is 3. The zero-order valence-corrected chi connectivity index (χ0v) is 11.1. The van der Waals surface area contributed by atoms with E-state index in [1.165, 1.54) is 12.5 Å². The van der Waals surface area contributed by atoms with Gasteiger partial charge in [-0.3, -0.25) is 0 Å². The molecule has 3 N–H and O–H groups in total. The van der Waals surface area contributed by atoms with Crippen LogP contribution in [0.25, 0.3) is 0 Å². The van der Waals surface area contributed by atoms with E-state index >= 15 is 0 Å². The lowest BCUT2D eigenvalue weighted by molar-refractivity contribution is 0.0659. The maximum absolute atomic E-state index is 10.7. The average Bonchev–Trinajstić information content (AvgIpc) is 3.04. The molecule has 5 heteroatoms. The highest BCUT2D eigenvalue weighted by Gasteiger charge is 2.27. The maximum atomic E-state index is 10.7. The van der Waals surface area contributed by atoms with Crippen LogP contribution in [0.15, 0.2) is 16.5 Å². The van der Waals surface area contributed by atoms with Crippen LogP contribution in [-0.4, -0.2) is 29.3 Å². The molecule has 1 fully saturated rings. The zero-order valence-electron chi connectivity index (χ0n) is 11.1. The molecule has 5 nitrogen and oxygen atoms in total. The van der Waals surface area contributed by atoms with Crippen molar-refractivity contribution in [3.63, 3.8) is 0 Å². The van der Waals surface area contributed by atoms with Crippen LogP contribution in [0, 0.1) is 11.8 Å². The van der Waals surface area contributed by atoms with Gasteiger partial charge in [-0.2, -0.15) is 0 Å². The summed E-state index contributed by atoms with van der Waals surface area (Å²) in [6.07, 6.45) is 3.42. The second-order valence-corrected chi connectivity index (χ2v) is 5.27. The Balaban J connectivity index is 1.86. The summed E-state index contributed by atoms with van der Waals surface area (Å²) in [5.41, 5.74) is 0. The van der Waals surface area contributed by atoms with Gasteiger partial charge in [-0.05, 0) is 50.3 Å². The molecule has 0 radical (unpaired) electrons. The summed E-state index contributed by atoms with van der Waals surface area (Å²) in [6, 6.07) is 3.15. The molecule has 0 amide bonds. The van der Waals surface area contributed by atoms with E-state index in [0.29, 0.717) is 17.6 Å². The van der Waals surface area contributed by atoms with E-state index in [4.69, 9.17) is 9.52 Å². The van der Waals surface area contributed by atoms with Gasteiger partial charge in [0.2, 0.25) is 5.76 Å². The minimum absolute atomic E-state index is 0.0203. The van der Waals surface area contributed by atoms with Gasteiger partial charge in [-0.25, -0.2) is 4.79 Å². The molecule has 0 aliphatic heterocycles. The molecule has 1 heterocycles. The molecule has 1 aliphatic carbocycles. The van der Waals surface area contributed by atoms with Crippen molar-refractivity contribution in [2.45, 2.75) is 32.2 Å². The van der Waals surface area contributed by atoms with Crippen LogP contribution in [0.3, 0.4) is 0 Å².